The Morgan fingerprint density at radius 3 is 2.29 bits per heavy atom. The summed E-state index contributed by atoms with van der Waals surface area (Å²) in [7, 11) is 2.80. The number of hydrogen-bond acceptors (Lipinski definition) is 6. The van der Waals surface area contributed by atoms with E-state index in [4.69, 9.17) is 14.2 Å². The predicted molar refractivity (Wildman–Crippen MR) is 45.6 cm³/mol. The van der Waals surface area contributed by atoms with E-state index in [0.29, 0.717) is 0 Å². The SMILES string of the molecule is COC[C@H]1O[C@H](O)[C@@H](O)[C@@H](OC)[C@@H]1O. The Morgan fingerprint density at radius 2 is 1.79 bits per heavy atom. The lowest BCUT2D eigenvalue weighted by atomic mass is 9.99. The summed E-state index contributed by atoms with van der Waals surface area (Å²) in [5, 5.41) is 28.3. The molecule has 1 aliphatic heterocycles. The summed E-state index contributed by atoms with van der Waals surface area (Å²) in [4.78, 5) is 0. The second kappa shape index (κ2) is 5.01. The fourth-order valence-corrected chi connectivity index (χ4v) is 1.50. The summed E-state index contributed by atoms with van der Waals surface area (Å²) in [5.74, 6) is 0. The van der Waals surface area contributed by atoms with E-state index in [9.17, 15) is 15.3 Å². The third kappa shape index (κ3) is 2.22. The number of methoxy groups -OCH3 is 2. The number of hydrogen-bond donors (Lipinski definition) is 3. The topological polar surface area (TPSA) is 88.4 Å². The zero-order valence-electron chi connectivity index (χ0n) is 8.16. The van der Waals surface area contributed by atoms with E-state index in [1.807, 2.05) is 0 Å². The van der Waals surface area contributed by atoms with Crippen molar-refractivity contribution in [2.45, 2.75) is 30.7 Å². The van der Waals surface area contributed by atoms with Crippen molar-refractivity contribution in [3.63, 3.8) is 0 Å². The van der Waals surface area contributed by atoms with E-state index < -0.39 is 30.7 Å². The first-order valence-corrected chi connectivity index (χ1v) is 4.33. The minimum Gasteiger partial charge on any atom is -0.387 e. The summed E-state index contributed by atoms with van der Waals surface area (Å²) >= 11 is 0. The quantitative estimate of drug-likeness (QED) is 0.501. The van der Waals surface area contributed by atoms with E-state index in [0.717, 1.165) is 0 Å². The van der Waals surface area contributed by atoms with Gasteiger partial charge in [-0.1, -0.05) is 0 Å². The average Bonchev–Trinajstić information content (AvgIpc) is 2.16. The number of ether oxygens (including phenoxy) is 3. The maximum Gasteiger partial charge on any atom is 0.184 e. The molecule has 14 heavy (non-hydrogen) atoms. The highest BCUT2D eigenvalue weighted by atomic mass is 16.7. The molecule has 0 aromatic heterocycles. The summed E-state index contributed by atoms with van der Waals surface area (Å²) in [6, 6.07) is 0. The maximum atomic E-state index is 9.65. The first-order chi connectivity index (χ1) is 6.61. The van der Waals surface area contributed by atoms with Crippen molar-refractivity contribution in [1.82, 2.24) is 0 Å². The second-order valence-electron chi connectivity index (χ2n) is 3.20. The van der Waals surface area contributed by atoms with E-state index >= 15 is 0 Å². The Labute approximate surface area is 82.0 Å². The average molecular weight is 208 g/mol. The highest BCUT2D eigenvalue weighted by molar-refractivity contribution is 4.89. The molecule has 0 aromatic carbocycles. The van der Waals surface area contributed by atoms with Gasteiger partial charge in [-0.2, -0.15) is 0 Å². The molecule has 1 rings (SSSR count). The van der Waals surface area contributed by atoms with Gasteiger partial charge in [-0.15, -0.1) is 0 Å². The van der Waals surface area contributed by atoms with Gasteiger partial charge in [-0.25, -0.2) is 0 Å². The highest BCUT2D eigenvalue weighted by Gasteiger charge is 2.44. The zero-order valence-corrected chi connectivity index (χ0v) is 8.16. The van der Waals surface area contributed by atoms with E-state index in [-0.39, 0.29) is 6.61 Å². The molecule has 1 fully saturated rings. The molecule has 0 aromatic rings. The van der Waals surface area contributed by atoms with Crippen LogP contribution in [0.2, 0.25) is 0 Å². The Morgan fingerprint density at radius 1 is 1.14 bits per heavy atom. The van der Waals surface area contributed by atoms with Gasteiger partial charge in [0.15, 0.2) is 6.29 Å². The monoisotopic (exact) mass is 208 g/mol. The van der Waals surface area contributed by atoms with Crippen molar-refractivity contribution in [1.29, 1.82) is 0 Å². The van der Waals surface area contributed by atoms with Gasteiger partial charge in [0.05, 0.1) is 6.61 Å². The molecule has 1 saturated heterocycles. The van der Waals surface area contributed by atoms with E-state index in [2.05, 4.69) is 0 Å². The van der Waals surface area contributed by atoms with Crippen LogP contribution in [0.25, 0.3) is 0 Å². The molecular formula is C8H16O6. The molecule has 84 valence electrons. The molecular weight excluding hydrogens is 192 g/mol. The van der Waals surface area contributed by atoms with Crippen LogP contribution in [0.3, 0.4) is 0 Å². The van der Waals surface area contributed by atoms with Crippen molar-refractivity contribution in [3.05, 3.63) is 0 Å². The van der Waals surface area contributed by atoms with Crippen molar-refractivity contribution < 1.29 is 29.5 Å². The molecule has 6 nitrogen and oxygen atoms in total. The molecule has 0 bridgehead atoms. The minimum absolute atomic E-state index is 0.130. The van der Waals surface area contributed by atoms with Crippen LogP contribution in [-0.4, -0.2) is 66.9 Å². The van der Waals surface area contributed by atoms with Crippen molar-refractivity contribution >= 4 is 0 Å². The third-order valence-electron chi connectivity index (χ3n) is 2.26. The Balaban J connectivity index is 2.65. The number of rotatable bonds is 3. The number of aliphatic hydroxyl groups excluding tert-OH is 3. The lowest BCUT2D eigenvalue weighted by Crippen LogP contribution is -2.59. The molecule has 1 aliphatic rings. The van der Waals surface area contributed by atoms with Gasteiger partial charge in [0.1, 0.15) is 24.4 Å². The van der Waals surface area contributed by atoms with Crippen LogP contribution in [0, 0.1) is 0 Å². The Bertz CT molecular complexity index is 175. The zero-order chi connectivity index (χ0) is 10.7. The first-order valence-electron chi connectivity index (χ1n) is 4.33. The number of aliphatic hydroxyl groups is 3. The van der Waals surface area contributed by atoms with Gasteiger partial charge in [-0.05, 0) is 0 Å². The Hall–Kier alpha value is -0.240. The second-order valence-corrected chi connectivity index (χ2v) is 3.20. The van der Waals surface area contributed by atoms with Crippen LogP contribution in [0.4, 0.5) is 0 Å². The predicted octanol–water partition coefficient (Wildman–Crippen LogP) is -1.91. The summed E-state index contributed by atoms with van der Waals surface area (Å²) in [6.45, 7) is 0.130. The standard InChI is InChI=1S/C8H16O6/c1-12-3-4-5(9)7(13-2)6(10)8(11)14-4/h4-11H,3H2,1-2H3/t4-,5-,6+,7+,8+/m1/s1. The van der Waals surface area contributed by atoms with Crippen LogP contribution in [0.15, 0.2) is 0 Å². The van der Waals surface area contributed by atoms with Crippen molar-refractivity contribution in [3.8, 4) is 0 Å². The summed E-state index contributed by atoms with van der Waals surface area (Å²) < 4.78 is 14.6. The first kappa shape index (κ1) is 11.8. The van der Waals surface area contributed by atoms with Gasteiger partial charge < -0.3 is 29.5 Å². The molecule has 0 radical (unpaired) electrons. The van der Waals surface area contributed by atoms with E-state index in [1.54, 1.807) is 0 Å². The molecule has 0 aliphatic carbocycles. The normalized spacial score (nSPS) is 43.9. The third-order valence-corrected chi connectivity index (χ3v) is 2.26. The van der Waals surface area contributed by atoms with Gasteiger partial charge >= 0.3 is 0 Å². The van der Waals surface area contributed by atoms with Gasteiger partial charge in [0, 0.05) is 14.2 Å². The molecule has 0 unspecified atom stereocenters. The largest absolute Gasteiger partial charge is 0.387 e. The Kier molecular flexibility index (Phi) is 4.24. The van der Waals surface area contributed by atoms with Crippen LogP contribution in [0.5, 0.6) is 0 Å². The fraction of sp³-hybridized carbons (Fsp3) is 1.00. The molecule has 0 amide bonds. The van der Waals surface area contributed by atoms with Crippen LogP contribution in [0.1, 0.15) is 0 Å². The van der Waals surface area contributed by atoms with Crippen molar-refractivity contribution in [2.24, 2.45) is 0 Å². The van der Waals surface area contributed by atoms with Gasteiger partial charge in [0.2, 0.25) is 0 Å². The maximum absolute atomic E-state index is 9.65. The van der Waals surface area contributed by atoms with Crippen molar-refractivity contribution in [2.75, 3.05) is 20.8 Å². The lowest BCUT2D eigenvalue weighted by molar-refractivity contribution is -0.291. The fourth-order valence-electron chi connectivity index (χ4n) is 1.50. The van der Waals surface area contributed by atoms with Gasteiger partial charge in [-0.3, -0.25) is 0 Å². The molecule has 6 heteroatoms. The van der Waals surface area contributed by atoms with Crippen LogP contribution < -0.4 is 0 Å². The smallest absolute Gasteiger partial charge is 0.184 e. The van der Waals surface area contributed by atoms with Gasteiger partial charge in [0.25, 0.3) is 0 Å². The molecule has 5 atom stereocenters. The molecule has 3 N–H and O–H groups in total. The van der Waals surface area contributed by atoms with Crippen LogP contribution >= 0.6 is 0 Å². The lowest BCUT2D eigenvalue weighted by Gasteiger charge is -2.39. The van der Waals surface area contributed by atoms with Crippen LogP contribution in [-0.2, 0) is 14.2 Å². The molecule has 0 spiro atoms. The minimum atomic E-state index is -1.36. The molecule has 0 saturated carbocycles. The summed E-state index contributed by atoms with van der Waals surface area (Å²) in [5.41, 5.74) is 0. The molecule has 1 heterocycles. The van der Waals surface area contributed by atoms with E-state index in [1.165, 1.54) is 14.2 Å². The highest BCUT2D eigenvalue weighted by Crippen LogP contribution is 2.21. The summed E-state index contributed by atoms with van der Waals surface area (Å²) in [6.07, 6.45) is -5.17.